The third-order valence-electron chi connectivity index (χ3n) is 4.17. The Bertz CT molecular complexity index is 975. The molecule has 8 heteroatoms. The van der Waals surface area contributed by atoms with Crippen molar-refractivity contribution in [2.75, 3.05) is 5.32 Å². The van der Waals surface area contributed by atoms with Gasteiger partial charge in [-0.3, -0.25) is 10.1 Å². The Kier molecular flexibility index (Phi) is 4.65. The van der Waals surface area contributed by atoms with Crippen LogP contribution < -0.4 is 10.1 Å². The molecule has 0 radical (unpaired) electrons. The van der Waals surface area contributed by atoms with E-state index in [2.05, 4.69) is 31.3 Å². The molecule has 2 aromatic carbocycles. The smallest absolute Gasteiger partial charge is 0.229 e. The minimum absolute atomic E-state index is 0.104. The summed E-state index contributed by atoms with van der Waals surface area (Å²) in [6.07, 6.45) is 1.69. The molecule has 0 fully saturated rings. The van der Waals surface area contributed by atoms with E-state index in [-0.39, 0.29) is 18.4 Å². The molecule has 0 saturated carbocycles. The number of rotatable bonds is 4. The zero-order valence-corrected chi connectivity index (χ0v) is 15.9. The summed E-state index contributed by atoms with van der Waals surface area (Å²) >= 11 is 9.71. The summed E-state index contributed by atoms with van der Waals surface area (Å²) in [5, 5.41) is 7.62. The van der Waals surface area contributed by atoms with Crippen LogP contribution in [-0.4, -0.2) is 20.7 Å². The highest BCUT2D eigenvalue weighted by Crippen LogP contribution is 2.36. The Morgan fingerprint density at radius 3 is 3.00 bits per heavy atom. The fourth-order valence-corrected chi connectivity index (χ4v) is 3.50. The SMILES string of the molecule is O=C1C[C@H](c2cc(Br)ccc2OCc2ccccc2Cl)n2ncnc2N1. The van der Waals surface area contributed by atoms with Crippen molar-refractivity contribution in [1.82, 2.24) is 14.8 Å². The minimum atomic E-state index is -0.292. The maximum Gasteiger partial charge on any atom is 0.229 e. The van der Waals surface area contributed by atoms with Crippen LogP contribution in [0.3, 0.4) is 0 Å². The van der Waals surface area contributed by atoms with Crippen LogP contribution in [0, 0.1) is 0 Å². The van der Waals surface area contributed by atoms with Crippen LogP contribution in [0.25, 0.3) is 0 Å². The third kappa shape index (κ3) is 3.32. The van der Waals surface area contributed by atoms with Gasteiger partial charge in [0.05, 0.1) is 12.5 Å². The number of amides is 1. The molecule has 1 aromatic heterocycles. The second kappa shape index (κ2) is 7.09. The summed E-state index contributed by atoms with van der Waals surface area (Å²) in [6.45, 7) is 0.331. The predicted octanol–water partition coefficient (Wildman–Crippen LogP) is 4.20. The second-order valence-electron chi connectivity index (χ2n) is 5.86. The first kappa shape index (κ1) is 17.1. The molecule has 26 heavy (non-hydrogen) atoms. The van der Waals surface area contributed by atoms with E-state index in [9.17, 15) is 4.79 Å². The van der Waals surface area contributed by atoms with Gasteiger partial charge in [0.1, 0.15) is 18.7 Å². The molecule has 1 atom stereocenters. The van der Waals surface area contributed by atoms with Crippen molar-refractivity contribution in [2.45, 2.75) is 19.1 Å². The van der Waals surface area contributed by atoms with Crippen molar-refractivity contribution in [1.29, 1.82) is 0 Å². The molecule has 2 heterocycles. The molecule has 3 aromatic rings. The minimum Gasteiger partial charge on any atom is -0.488 e. The molecule has 0 bridgehead atoms. The van der Waals surface area contributed by atoms with Gasteiger partial charge in [-0.2, -0.15) is 10.1 Å². The van der Waals surface area contributed by atoms with E-state index in [0.29, 0.717) is 23.3 Å². The van der Waals surface area contributed by atoms with Gasteiger partial charge < -0.3 is 4.74 Å². The number of benzene rings is 2. The number of carbonyl (C=O) groups is 1. The van der Waals surface area contributed by atoms with E-state index in [1.165, 1.54) is 6.33 Å². The van der Waals surface area contributed by atoms with Crippen molar-refractivity contribution >= 4 is 39.4 Å². The predicted molar refractivity (Wildman–Crippen MR) is 101 cm³/mol. The molecule has 1 N–H and O–H groups in total. The Labute approximate surface area is 163 Å². The highest BCUT2D eigenvalue weighted by molar-refractivity contribution is 9.10. The molecule has 6 nitrogen and oxygen atoms in total. The Morgan fingerprint density at radius 1 is 1.31 bits per heavy atom. The number of fused-ring (bicyclic) bond motifs is 1. The maximum absolute atomic E-state index is 12.1. The molecular formula is C18H14BrClN4O2. The van der Waals surface area contributed by atoms with Gasteiger partial charge in [-0.05, 0) is 24.3 Å². The van der Waals surface area contributed by atoms with E-state index in [4.69, 9.17) is 16.3 Å². The van der Waals surface area contributed by atoms with Crippen molar-refractivity contribution in [3.8, 4) is 5.75 Å². The van der Waals surface area contributed by atoms with E-state index < -0.39 is 0 Å². The van der Waals surface area contributed by atoms with Crippen LogP contribution in [0.4, 0.5) is 5.95 Å². The molecule has 1 amide bonds. The fraction of sp³-hybridized carbons (Fsp3) is 0.167. The topological polar surface area (TPSA) is 69.0 Å². The molecule has 0 aliphatic carbocycles. The monoisotopic (exact) mass is 432 g/mol. The van der Waals surface area contributed by atoms with Crippen LogP contribution in [0.2, 0.25) is 5.02 Å². The number of hydrogen-bond donors (Lipinski definition) is 1. The quantitative estimate of drug-likeness (QED) is 0.669. The number of ether oxygens (including phenoxy) is 1. The average Bonchev–Trinajstić information content (AvgIpc) is 3.09. The van der Waals surface area contributed by atoms with Gasteiger partial charge in [0.2, 0.25) is 11.9 Å². The van der Waals surface area contributed by atoms with Crippen LogP contribution in [-0.2, 0) is 11.4 Å². The zero-order valence-electron chi connectivity index (χ0n) is 13.5. The summed E-state index contributed by atoms with van der Waals surface area (Å²) in [7, 11) is 0. The number of halogens is 2. The summed E-state index contributed by atoms with van der Waals surface area (Å²) < 4.78 is 8.63. The van der Waals surface area contributed by atoms with Crippen molar-refractivity contribution in [3.63, 3.8) is 0 Å². The summed E-state index contributed by atoms with van der Waals surface area (Å²) in [5.41, 5.74) is 1.75. The van der Waals surface area contributed by atoms with E-state index >= 15 is 0 Å². The molecule has 4 rings (SSSR count). The largest absolute Gasteiger partial charge is 0.488 e. The number of aromatic nitrogens is 3. The Hall–Kier alpha value is -2.38. The van der Waals surface area contributed by atoms with Gasteiger partial charge in [0, 0.05) is 20.6 Å². The average molecular weight is 434 g/mol. The van der Waals surface area contributed by atoms with E-state index in [0.717, 1.165) is 15.6 Å². The van der Waals surface area contributed by atoms with Gasteiger partial charge in [-0.25, -0.2) is 4.68 Å². The molecule has 132 valence electrons. The van der Waals surface area contributed by atoms with Gasteiger partial charge in [0.15, 0.2) is 0 Å². The molecule has 1 aliphatic rings. The van der Waals surface area contributed by atoms with Gasteiger partial charge >= 0.3 is 0 Å². The Morgan fingerprint density at radius 2 is 2.15 bits per heavy atom. The lowest BCUT2D eigenvalue weighted by molar-refractivity contribution is -0.117. The molecule has 0 saturated heterocycles. The first-order valence-corrected chi connectivity index (χ1v) is 9.14. The van der Waals surface area contributed by atoms with Gasteiger partial charge in [0.25, 0.3) is 0 Å². The summed E-state index contributed by atoms with van der Waals surface area (Å²) in [4.78, 5) is 16.2. The standard InChI is InChI=1S/C18H14BrClN4O2/c19-12-5-6-16(26-9-11-3-1-2-4-14(11)20)13(7-12)15-8-17(25)23-18-21-10-22-24(15)18/h1-7,10,15H,8-9H2,(H,21,22,23,25)/t15-/m1/s1. The maximum atomic E-state index is 12.1. The molecular weight excluding hydrogens is 420 g/mol. The van der Waals surface area contributed by atoms with Crippen molar-refractivity contribution in [2.24, 2.45) is 0 Å². The van der Waals surface area contributed by atoms with Crippen molar-refractivity contribution in [3.05, 3.63) is 69.4 Å². The van der Waals surface area contributed by atoms with E-state index in [1.54, 1.807) is 4.68 Å². The Balaban J connectivity index is 1.68. The number of nitrogens with one attached hydrogen (secondary N) is 1. The zero-order chi connectivity index (χ0) is 18.1. The normalized spacial score (nSPS) is 16.1. The number of carbonyl (C=O) groups excluding carboxylic acids is 1. The van der Waals surface area contributed by atoms with Gasteiger partial charge in [-0.15, -0.1) is 0 Å². The lowest BCUT2D eigenvalue weighted by Crippen LogP contribution is -2.29. The number of anilines is 1. The molecule has 0 unspecified atom stereocenters. The number of hydrogen-bond acceptors (Lipinski definition) is 4. The van der Waals surface area contributed by atoms with Crippen LogP contribution in [0.5, 0.6) is 5.75 Å². The lowest BCUT2D eigenvalue weighted by atomic mass is 10.0. The lowest BCUT2D eigenvalue weighted by Gasteiger charge is -2.25. The van der Waals surface area contributed by atoms with Crippen LogP contribution in [0.15, 0.2) is 53.3 Å². The third-order valence-corrected chi connectivity index (χ3v) is 5.03. The first-order chi connectivity index (χ1) is 12.6. The van der Waals surface area contributed by atoms with Crippen LogP contribution >= 0.6 is 27.5 Å². The highest BCUT2D eigenvalue weighted by Gasteiger charge is 2.30. The second-order valence-corrected chi connectivity index (χ2v) is 7.18. The molecule has 0 spiro atoms. The highest BCUT2D eigenvalue weighted by atomic mass is 79.9. The number of nitrogens with zero attached hydrogens (tertiary/aromatic N) is 3. The first-order valence-electron chi connectivity index (χ1n) is 7.97. The van der Waals surface area contributed by atoms with Crippen LogP contribution in [0.1, 0.15) is 23.6 Å². The summed E-state index contributed by atoms with van der Waals surface area (Å²) in [5.74, 6) is 1.00. The van der Waals surface area contributed by atoms with Gasteiger partial charge in [-0.1, -0.05) is 45.7 Å². The van der Waals surface area contributed by atoms with Crippen molar-refractivity contribution < 1.29 is 9.53 Å². The molecule has 1 aliphatic heterocycles. The van der Waals surface area contributed by atoms with E-state index in [1.807, 2.05) is 42.5 Å². The summed E-state index contributed by atoms with van der Waals surface area (Å²) in [6, 6.07) is 13.0. The fourth-order valence-electron chi connectivity index (χ4n) is 2.93.